The van der Waals surface area contributed by atoms with Crippen LogP contribution in [-0.2, 0) is 22.6 Å². The quantitative estimate of drug-likeness (QED) is 0.345. The molecule has 0 aliphatic rings. The fraction of sp³-hybridized carbons (Fsp3) is 0.310. The predicted molar refractivity (Wildman–Crippen MR) is 141 cm³/mol. The molecule has 0 saturated carbocycles. The van der Waals surface area contributed by atoms with Crippen molar-refractivity contribution in [1.29, 1.82) is 0 Å². The molecule has 0 unspecified atom stereocenters. The first-order valence-corrected chi connectivity index (χ1v) is 12.9. The Morgan fingerprint density at radius 3 is 2.29 bits per heavy atom. The minimum atomic E-state index is -0.767. The Morgan fingerprint density at radius 1 is 0.971 bits per heavy atom. The number of carbonyl (C=O) groups excluding carboxylic acids is 2. The first-order chi connectivity index (χ1) is 16.9. The van der Waals surface area contributed by atoms with Crippen LogP contribution in [-0.4, -0.2) is 34.6 Å². The number of hydrogen-bond acceptors (Lipinski definition) is 3. The fourth-order valence-corrected chi connectivity index (χ4v) is 4.45. The molecule has 1 N–H and O–H groups in total. The molecule has 0 bridgehead atoms. The molecule has 6 heteroatoms. The zero-order chi connectivity index (χ0) is 25.2. The van der Waals surface area contributed by atoms with Gasteiger partial charge in [0, 0.05) is 29.5 Å². The number of benzene rings is 3. The van der Waals surface area contributed by atoms with Gasteiger partial charge in [-0.3, -0.25) is 9.59 Å². The average molecular weight is 493 g/mol. The number of halogens is 1. The van der Waals surface area contributed by atoms with Gasteiger partial charge in [0.05, 0.1) is 5.75 Å². The molecule has 184 valence electrons. The highest BCUT2D eigenvalue weighted by Crippen LogP contribution is 2.22. The van der Waals surface area contributed by atoms with Gasteiger partial charge in [0.15, 0.2) is 0 Å². The van der Waals surface area contributed by atoms with E-state index in [9.17, 15) is 14.0 Å². The summed E-state index contributed by atoms with van der Waals surface area (Å²) in [6.07, 6.45) is 1.12. The van der Waals surface area contributed by atoms with Crippen LogP contribution in [0.3, 0.4) is 0 Å². The topological polar surface area (TPSA) is 49.4 Å². The smallest absolute Gasteiger partial charge is 0.243 e. The lowest BCUT2D eigenvalue weighted by molar-refractivity contribution is -0.139. The lowest BCUT2D eigenvalue weighted by Gasteiger charge is -2.32. The zero-order valence-corrected chi connectivity index (χ0v) is 21.4. The molecule has 2 amide bonds. The second-order valence-corrected chi connectivity index (χ2v) is 9.79. The summed E-state index contributed by atoms with van der Waals surface area (Å²) in [5, 5.41) is 3.03. The lowest BCUT2D eigenvalue weighted by Crippen LogP contribution is -2.52. The molecule has 2 atom stereocenters. The average Bonchev–Trinajstić information content (AvgIpc) is 2.87. The fourth-order valence-electron chi connectivity index (χ4n) is 3.67. The number of hydrogen-bond donors (Lipinski definition) is 1. The highest BCUT2D eigenvalue weighted by atomic mass is 32.2. The first-order valence-electron chi connectivity index (χ1n) is 11.9. The lowest BCUT2D eigenvalue weighted by atomic mass is 10.0. The van der Waals surface area contributed by atoms with Gasteiger partial charge in [-0.25, -0.2) is 4.39 Å². The SMILES string of the molecule is CC[C@@H](C)NC(=O)[C@H](Cc1ccccc1)N(Cc1ccccc1F)C(=O)CSc1ccc(C)cc1. The molecular weight excluding hydrogens is 459 g/mol. The second-order valence-electron chi connectivity index (χ2n) is 8.74. The number of nitrogens with one attached hydrogen (secondary N) is 1. The second kappa shape index (κ2) is 13.1. The Hall–Kier alpha value is -3.12. The number of aryl methyl sites for hydroxylation is 1. The van der Waals surface area contributed by atoms with Crippen LogP contribution in [0.25, 0.3) is 0 Å². The third-order valence-electron chi connectivity index (χ3n) is 5.95. The van der Waals surface area contributed by atoms with Crippen molar-refractivity contribution in [1.82, 2.24) is 10.2 Å². The predicted octanol–water partition coefficient (Wildman–Crippen LogP) is 5.78. The van der Waals surface area contributed by atoms with Crippen molar-refractivity contribution in [2.24, 2.45) is 0 Å². The van der Waals surface area contributed by atoms with Crippen molar-refractivity contribution in [2.45, 2.75) is 57.1 Å². The normalized spacial score (nSPS) is 12.6. The van der Waals surface area contributed by atoms with Gasteiger partial charge >= 0.3 is 0 Å². The van der Waals surface area contributed by atoms with E-state index in [1.165, 1.54) is 22.7 Å². The monoisotopic (exact) mass is 492 g/mol. The summed E-state index contributed by atoms with van der Waals surface area (Å²) in [6, 6.07) is 23.2. The largest absolute Gasteiger partial charge is 0.352 e. The number of amides is 2. The highest BCUT2D eigenvalue weighted by Gasteiger charge is 2.31. The molecule has 0 aliphatic carbocycles. The molecule has 0 saturated heterocycles. The molecule has 4 nitrogen and oxygen atoms in total. The maximum Gasteiger partial charge on any atom is 0.243 e. The van der Waals surface area contributed by atoms with Gasteiger partial charge in [-0.05, 0) is 44.0 Å². The van der Waals surface area contributed by atoms with Gasteiger partial charge in [-0.1, -0.05) is 73.2 Å². The van der Waals surface area contributed by atoms with Gasteiger partial charge in [-0.15, -0.1) is 11.8 Å². The van der Waals surface area contributed by atoms with Crippen LogP contribution in [0, 0.1) is 12.7 Å². The molecule has 0 aromatic heterocycles. The van der Waals surface area contributed by atoms with Crippen LogP contribution in [0.15, 0.2) is 83.8 Å². The minimum absolute atomic E-state index is 0.0192. The van der Waals surface area contributed by atoms with E-state index in [4.69, 9.17) is 0 Å². The summed E-state index contributed by atoms with van der Waals surface area (Å²) in [6.45, 7) is 5.97. The summed E-state index contributed by atoms with van der Waals surface area (Å²) >= 11 is 1.42. The standard InChI is InChI=1S/C29H33FN2O2S/c1-4-22(3)31-29(34)27(18-23-10-6-5-7-11-23)32(19-24-12-8-9-13-26(24)30)28(33)20-35-25-16-14-21(2)15-17-25/h5-17,22,27H,4,18-20H2,1-3H3,(H,31,34)/t22-,27+/m1/s1. The van der Waals surface area contributed by atoms with E-state index >= 15 is 0 Å². The van der Waals surface area contributed by atoms with Crippen molar-refractivity contribution in [3.05, 3.63) is 101 Å². The molecule has 3 rings (SSSR count). The number of carbonyl (C=O) groups is 2. The minimum Gasteiger partial charge on any atom is -0.352 e. The summed E-state index contributed by atoms with van der Waals surface area (Å²) in [7, 11) is 0. The molecule has 0 spiro atoms. The van der Waals surface area contributed by atoms with Crippen LogP contribution >= 0.6 is 11.8 Å². The molecule has 3 aromatic carbocycles. The molecule has 3 aromatic rings. The number of nitrogens with zero attached hydrogens (tertiary/aromatic N) is 1. The number of rotatable bonds is 11. The van der Waals surface area contributed by atoms with E-state index in [0.29, 0.717) is 12.0 Å². The van der Waals surface area contributed by atoms with Crippen LogP contribution in [0.1, 0.15) is 37.0 Å². The summed E-state index contributed by atoms with van der Waals surface area (Å²) in [5.74, 6) is -0.677. The Balaban J connectivity index is 1.91. The van der Waals surface area contributed by atoms with Crippen molar-refractivity contribution < 1.29 is 14.0 Å². The molecule has 0 aliphatic heterocycles. The number of thioether (sulfide) groups is 1. The van der Waals surface area contributed by atoms with E-state index in [2.05, 4.69) is 5.32 Å². The Kier molecular flexibility index (Phi) is 9.91. The van der Waals surface area contributed by atoms with Gasteiger partial charge in [-0.2, -0.15) is 0 Å². The molecule has 35 heavy (non-hydrogen) atoms. The highest BCUT2D eigenvalue weighted by molar-refractivity contribution is 8.00. The van der Waals surface area contributed by atoms with Crippen LogP contribution in [0.4, 0.5) is 4.39 Å². The van der Waals surface area contributed by atoms with Gasteiger partial charge in [0.1, 0.15) is 11.9 Å². The maximum absolute atomic E-state index is 14.6. The molecule has 0 fully saturated rings. The van der Waals surface area contributed by atoms with E-state index in [1.54, 1.807) is 18.2 Å². The third kappa shape index (κ3) is 7.96. The summed E-state index contributed by atoms with van der Waals surface area (Å²) < 4.78 is 14.6. The van der Waals surface area contributed by atoms with Gasteiger partial charge in [0.25, 0.3) is 0 Å². The first kappa shape index (κ1) is 26.5. The maximum atomic E-state index is 14.6. The molecule has 0 radical (unpaired) electrons. The van der Waals surface area contributed by atoms with Crippen molar-refractivity contribution in [3.8, 4) is 0 Å². The summed E-state index contributed by atoms with van der Waals surface area (Å²) in [5.41, 5.74) is 2.47. The molecule has 0 heterocycles. The zero-order valence-electron chi connectivity index (χ0n) is 20.5. The van der Waals surface area contributed by atoms with E-state index in [1.807, 2.05) is 75.4 Å². The van der Waals surface area contributed by atoms with E-state index < -0.39 is 11.9 Å². The Morgan fingerprint density at radius 2 is 1.63 bits per heavy atom. The van der Waals surface area contributed by atoms with Crippen LogP contribution in [0.2, 0.25) is 0 Å². The molecular formula is C29H33FN2O2S. The van der Waals surface area contributed by atoms with Gasteiger partial charge < -0.3 is 10.2 Å². The van der Waals surface area contributed by atoms with E-state index in [-0.39, 0.29) is 30.2 Å². The van der Waals surface area contributed by atoms with Crippen molar-refractivity contribution >= 4 is 23.6 Å². The van der Waals surface area contributed by atoms with Crippen LogP contribution in [0.5, 0.6) is 0 Å². The Labute approximate surface area is 211 Å². The van der Waals surface area contributed by atoms with Crippen molar-refractivity contribution in [3.63, 3.8) is 0 Å². The van der Waals surface area contributed by atoms with Gasteiger partial charge in [0.2, 0.25) is 11.8 Å². The third-order valence-corrected chi connectivity index (χ3v) is 6.95. The van der Waals surface area contributed by atoms with E-state index in [0.717, 1.165) is 22.4 Å². The Bertz CT molecular complexity index is 1110. The summed E-state index contributed by atoms with van der Waals surface area (Å²) in [4.78, 5) is 29.5. The van der Waals surface area contributed by atoms with Crippen LogP contribution < -0.4 is 5.32 Å². The van der Waals surface area contributed by atoms with Crippen molar-refractivity contribution in [2.75, 3.05) is 5.75 Å².